The minimum atomic E-state index is 1.14. The number of hydrogen-bond acceptors (Lipinski definition) is 1. The first kappa shape index (κ1) is 6.54. The van der Waals surface area contributed by atoms with Crippen LogP contribution >= 0.6 is 0 Å². The Morgan fingerprint density at radius 1 is 1.71 bits per heavy atom. The van der Waals surface area contributed by atoms with Crippen LogP contribution in [0.15, 0.2) is 11.8 Å². The highest BCUT2D eigenvalue weighted by Crippen LogP contribution is 1.93. The van der Waals surface area contributed by atoms with Crippen LogP contribution in [0.3, 0.4) is 0 Å². The molecule has 0 aromatic carbocycles. The highest BCUT2D eigenvalue weighted by molar-refractivity contribution is 4.93. The molecule has 0 aromatic heterocycles. The zero-order chi connectivity index (χ0) is 5.70. The lowest BCUT2D eigenvalue weighted by Gasteiger charge is -1.91. The fraction of sp³-hybridized carbons (Fsp3) is 0.667. The van der Waals surface area contributed by atoms with Crippen LogP contribution in [0, 0.1) is 0 Å². The number of rotatable bonds is 2. The van der Waals surface area contributed by atoms with Crippen molar-refractivity contribution < 1.29 is 0 Å². The van der Waals surface area contributed by atoms with E-state index < -0.39 is 0 Å². The lowest BCUT2D eigenvalue weighted by Crippen LogP contribution is -1.93. The summed E-state index contributed by atoms with van der Waals surface area (Å²) in [7, 11) is 1.92. The average molecular weight is 99.2 g/mol. The third-order valence-electron chi connectivity index (χ3n) is 0.948. The first-order valence-corrected chi connectivity index (χ1v) is 2.64. The van der Waals surface area contributed by atoms with Crippen LogP contribution in [0.4, 0.5) is 0 Å². The molecule has 42 valence electrons. The summed E-state index contributed by atoms with van der Waals surface area (Å²) >= 11 is 0. The molecule has 0 saturated carbocycles. The zero-order valence-electron chi connectivity index (χ0n) is 5.28. The van der Waals surface area contributed by atoms with Crippen molar-refractivity contribution in [3.05, 3.63) is 11.8 Å². The Morgan fingerprint density at radius 2 is 2.29 bits per heavy atom. The fourth-order valence-corrected chi connectivity index (χ4v) is 0.348. The van der Waals surface area contributed by atoms with Gasteiger partial charge in [0, 0.05) is 7.05 Å². The summed E-state index contributed by atoms with van der Waals surface area (Å²) in [6.07, 6.45) is 3.15. The van der Waals surface area contributed by atoms with E-state index in [1.54, 1.807) is 0 Å². The molecule has 0 amide bonds. The van der Waals surface area contributed by atoms with Crippen LogP contribution in [0.25, 0.3) is 0 Å². The van der Waals surface area contributed by atoms with Gasteiger partial charge < -0.3 is 5.32 Å². The van der Waals surface area contributed by atoms with E-state index in [0.717, 1.165) is 6.42 Å². The molecule has 1 heteroatoms. The minimum absolute atomic E-state index is 1.14. The molecule has 0 radical (unpaired) electrons. The molecule has 0 aliphatic heterocycles. The SMILES string of the molecule is CC/C(C)=C/NC. The maximum Gasteiger partial charge on any atom is 0.00276 e. The molecule has 0 bridgehead atoms. The third-order valence-corrected chi connectivity index (χ3v) is 0.948. The van der Waals surface area contributed by atoms with Gasteiger partial charge in [-0.2, -0.15) is 0 Å². The van der Waals surface area contributed by atoms with Gasteiger partial charge in [0.25, 0.3) is 0 Å². The van der Waals surface area contributed by atoms with Gasteiger partial charge in [-0.15, -0.1) is 0 Å². The van der Waals surface area contributed by atoms with Gasteiger partial charge in [-0.1, -0.05) is 12.5 Å². The lowest BCUT2D eigenvalue weighted by molar-refractivity contribution is 1.01. The van der Waals surface area contributed by atoms with Gasteiger partial charge in [0.1, 0.15) is 0 Å². The van der Waals surface area contributed by atoms with Crippen molar-refractivity contribution in [2.75, 3.05) is 7.05 Å². The Hall–Kier alpha value is -0.460. The smallest absolute Gasteiger partial charge is 0.00276 e. The molecule has 1 nitrogen and oxygen atoms in total. The zero-order valence-corrected chi connectivity index (χ0v) is 5.28. The van der Waals surface area contributed by atoms with Crippen LogP contribution in [0.2, 0.25) is 0 Å². The molecule has 0 rings (SSSR count). The molecule has 0 unspecified atom stereocenters. The molecular formula is C6H13N. The van der Waals surface area contributed by atoms with Gasteiger partial charge in [0.05, 0.1) is 0 Å². The van der Waals surface area contributed by atoms with E-state index in [1.807, 2.05) is 13.2 Å². The Morgan fingerprint density at radius 3 is 2.43 bits per heavy atom. The van der Waals surface area contributed by atoms with E-state index in [-0.39, 0.29) is 0 Å². The van der Waals surface area contributed by atoms with Crippen molar-refractivity contribution in [3.8, 4) is 0 Å². The second kappa shape index (κ2) is 3.72. The summed E-state index contributed by atoms with van der Waals surface area (Å²) < 4.78 is 0. The predicted octanol–water partition coefficient (Wildman–Crippen LogP) is 1.52. The van der Waals surface area contributed by atoms with Gasteiger partial charge >= 0.3 is 0 Å². The summed E-state index contributed by atoms with van der Waals surface area (Å²) in [6.45, 7) is 4.25. The van der Waals surface area contributed by atoms with E-state index in [4.69, 9.17) is 0 Å². The maximum absolute atomic E-state index is 2.96. The van der Waals surface area contributed by atoms with E-state index in [1.165, 1.54) is 5.57 Å². The molecule has 0 atom stereocenters. The minimum Gasteiger partial charge on any atom is -0.394 e. The molecule has 0 fully saturated rings. The van der Waals surface area contributed by atoms with E-state index >= 15 is 0 Å². The Balaban J connectivity index is 3.29. The fourth-order valence-electron chi connectivity index (χ4n) is 0.348. The second-order valence-electron chi connectivity index (χ2n) is 1.63. The molecule has 1 N–H and O–H groups in total. The Kier molecular flexibility index (Phi) is 3.48. The Labute approximate surface area is 45.4 Å². The summed E-state index contributed by atoms with van der Waals surface area (Å²) in [5.41, 5.74) is 1.39. The van der Waals surface area contributed by atoms with Crippen molar-refractivity contribution in [1.29, 1.82) is 0 Å². The van der Waals surface area contributed by atoms with Crippen molar-refractivity contribution in [1.82, 2.24) is 5.32 Å². The molecule has 0 aromatic rings. The van der Waals surface area contributed by atoms with E-state index in [0.29, 0.717) is 0 Å². The van der Waals surface area contributed by atoms with E-state index in [9.17, 15) is 0 Å². The molecule has 0 spiro atoms. The van der Waals surface area contributed by atoms with Gasteiger partial charge in [0.2, 0.25) is 0 Å². The van der Waals surface area contributed by atoms with Crippen molar-refractivity contribution in [2.24, 2.45) is 0 Å². The van der Waals surface area contributed by atoms with Gasteiger partial charge in [-0.3, -0.25) is 0 Å². The lowest BCUT2D eigenvalue weighted by atomic mass is 10.3. The van der Waals surface area contributed by atoms with E-state index in [2.05, 4.69) is 19.2 Å². The normalized spacial score (nSPS) is 11.6. The molecule has 0 saturated heterocycles. The topological polar surface area (TPSA) is 12.0 Å². The van der Waals surface area contributed by atoms with Gasteiger partial charge in [0.15, 0.2) is 0 Å². The third kappa shape index (κ3) is 3.37. The number of allylic oxidation sites excluding steroid dienone is 1. The van der Waals surface area contributed by atoms with Crippen LogP contribution in [-0.4, -0.2) is 7.05 Å². The van der Waals surface area contributed by atoms with Gasteiger partial charge in [-0.05, 0) is 19.5 Å². The van der Waals surface area contributed by atoms with Crippen molar-refractivity contribution in [2.45, 2.75) is 20.3 Å². The molecule has 0 heterocycles. The highest BCUT2D eigenvalue weighted by Gasteiger charge is 1.76. The highest BCUT2D eigenvalue weighted by atomic mass is 14.8. The molecule has 7 heavy (non-hydrogen) atoms. The monoisotopic (exact) mass is 99.1 g/mol. The van der Waals surface area contributed by atoms with Crippen LogP contribution in [0.5, 0.6) is 0 Å². The number of nitrogens with one attached hydrogen (secondary N) is 1. The molecular weight excluding hydrogens is 86.1 g/mol. The first-order valence-electron chi connectivity index (χ1n) is 2.64. The van der Waals surface area contributed by atoms with Crippen molar-refractivity contribution in [3.63, 3.8) is 0 Å². The van der Waals surface area contributed by atoms with Crippen molar-refractivity contribution >= 4 is 0 Å². The van der Waals surface area contributed by atoms with Crippen LogP contribution in [-0.2, 0) is 0 Å². The second-order valence-corrected chi connectivity index (χ2v) is 1.63. The summed E-state index contributed by atoms with van der Waals surface area (Å²) in [6, 6.07) is 0. The maximum atomic E-state index is 2.96. The molecule has 0 aliphatic carbocycles. The summed E-state index contributed by atoms with van der Waals surface area (Å²) in [5.74, 6) is 0. The van der Waals surface area contributed by atoms with Crippen LogP contribution < -0.4 is 5.32 Å². The predicted molar refractivity (Wildman–Crippen MR) is 33.1 cm³/mol. The first-order chi connectivity index (χ1) is 3.31. The average Bonchev–Trinajstić information content (AvgIpc) is 1.68. The summed E-state index contributed by atoms with van der Waals surface area (Å²) in [4.78, 5) is 0. The quantitative estimate of drug-likeness (QED) is 0.553. The van der Waals surface area contributed by atoms with Gasteiger partial charge in [-0.25, -0.2) is 0 Å². The van der Waals surface area contributed by atoms with Crippen LogP contribution in [0.1, 0.15) is 20.3 Å². The number of hydrogen-bond donors (Lipinski definition) is 1. The summed E-state index contributed by atoms with van der Waals surface area (Å²) in [5, 5.41) is 2.96. The standard InChI is InChI=1S/C6H13N/c1-4-6(2)5-7-3/h5,7H,4H2,1-3H3/b6-5+. The Bertz CT molecular complexity index is 64.6. The largest absolute Gasteiger partial charge is 0.394 e. The molecule has 0 aliphatic rings.